The van der Waals surface area contributed by atoms with Crippen LogP contribution < -0.4 is 10.1 Å². The van der Waals surface area contributed by atoms with Crippen molar-refractivity contribution in [1.29, 1.82) is 0 Å². The molecule has 1 aromatic carbocycles. The lowest BCUT2D eigenvalue weighted by molar-refractivity contribution is 0.0699. The van der Waals surface area contributed by atoms with E-state index in [-0.39, 0.29) is 0 Å². The van der Waals surface area contributed by atoms with Gasteiger partial charge < -0.3 is 14.8 Å². The van der Waals surface area contributed by atoms with Crippen LogP contribution in [0.4, 0.5) is 5.82 Å². The summed E-state index contributed by atoms with van der Waals surface area (Å²) in [6.45, 7) is 3.21. The van der Waals surface area contributed by atoms with Crippen LogP contribution in [0, 0.1) is 5.92 Å². The molecular weight excluding hydrogens is 278 g/mol. The summed E-state index contributed by atoms with van der Waals surface area (Å²) in [5, 5.41) is 12.1. The van der Waals surface area contributed by atoms with Crippen molar-refractivity contribution in [2.24, 2.45) is 5.92 Å². The number of para-hydroxylation sites is 1. The zero-order valence-electron chi connectivity index (χ0n) is 12.4. The van der Waals surface area contributed by atoms with Crippen molar-refractivity contribution < 1.29 is 9.47 Å². The van der Waals surface area contributed by atoms with E-state index in [1.165, 1.54) is 0 Å². The van der Waals surface area contributed by atoms with Gasteiger partial charge in [0, 0.05) is 30.9 Å². The molecular formula is C17H19N3O2. The standard InChI is InChI=1S/C17H19N3O2/c1-2-4-15-14(3-1)17-13(11-22-15)9-16(19-20-17)18-10-12-5-7-21-8-6-12/h1-4,9,12H,5-8,10-11H2,(H,18,19). The summed E-state index contributed by atoms with van der Waals surface area (Å²) in [6.07, 6.45) is 2.23. The topological polar surface area (TPSA) is 56.3 Å². The van der Waals surface area contributed by atoms with Gasteiger partial charge in [-0.25, -0.2) is 0 Å². The number of nitrogens with one attached hydrogen (secondary N) is 1. The highest BCUT2D eigenvalue weighted by molar-refractivity contribution is 5.72. The summed E-state index contributed by atoms with van der Waals surface area (Å²) in [5.41, 5.74) is 3.04. The molecule has 0 unspecified atom stereocenters. The molecule has 3 heterocycles. The molecule has 2 aliphatic rings. The highest BCUT2D eigenvalue weighted by atomic mass is 16.5. The number of benzene rings is 1. The van der Waals surface area contributed by atoms with Crippen LogP contribution in [0.3, 0.4) is 0 Å². The summed E-state index contributed by atoms with van der Waals surface area (Å²) >= 11 is 0. The van der Waals surface area contributed by atoms with E-state index >= 15 is 0 Å². The predicted octanol–water partition coefficient (Wildman–Crippen LogP) is 2.87. The second kappa shape index (κ2) is 5.93. The lowest BCUT2D eigenvalue weighted by Gasteiger charge is -2.23. The van der Waals surface area contributed by atoms with Crippen LogP contribution >= 0.6 is 0 Å². The fourth-order valence-corrected chi connectivity index (χ4v) is 3.00. The van der Waals surface area contributed by atoms with Gasteiger partial charge in [0.05, 0.1) is 0 Å². The molecule has 0 spiro atoms. The lowest BCUT2D eigenvalue weighted by Crippen LogP contribution is -2.23. The average Bonchev–Trinajstić information content (AvgIpc) is 2.60. The van der Waals surface area contributed by atoms with Gasteiger partial charge in [0.25, 0.3) is 0 Å². The maximum absolute atomic E-state index is 5.79. The maximum Gasteiger partial charge on any atom is 0.149 e. The van der Waals surface area contributed by atoms with Crippen LogP contribution in [-0.4, -0.2) is 30.0 Å². The van der Waals surface area contributed by atoms with E-state index in [1.807, 2.05) is 24.3 Å². The summed E-state index contributed by atoms with van der Waals surface area (Å²) in [5.74, 6) is 2.36. The molecule has 1 N–H and O–H groups in total. The van der Waals surface area contributed by atoms with Gasteiger partial charge in [-0.1, -0.05) is 12.1 Å². The minimum absolute atomic E-state index is 0.549. The third-order valence-corrected chi connectivity index (χ3v) is 4.31. The first-order valence-electron chi connectivity index (χ1n) is 7.80. The van der Waals surface area contributed by atoms with E-state index < -0.39 is 0 Å². The quantitative estimate of drug-likeness (QED) is 0.944. The number of anilines is 1. The van der Waals surface area contributed by atoms with Crippen LogP contribution in [-0.2, 0) is 11.3 Å². The number of hydrogen-bond acceptors (Lipinski definition) is 5. The Bertz CT molecular complexity index is 669. The van der Waals surface area contributed by atoms with Gasteiger partial charge in [-0.05, 0) is 37.0 Å². The fraction of sp³-hybridized carbons (Fsp3) is 0.412. The van der Waals surface area contributed by atoms with Crippen LogP contribution in [0.2, 0.25) is 0 Å². The molecule has 22 heavy (non-hydrogen) atoms. The van der Waals surface area contributed by atoms with Crippen LogP contribution in [0.15, 0.2) is 30.3 Å². The number of ether oxygens (including phenoxy) is 2. The molecule has 1 aromatic heterocycles. The van der Waals surface area contributed by atoms with Crippen LogP contribution in [0.25, 0.3) is 11.3 Å². The van der Waals surface area contributed by atoms with Gasteiger partial charge in [-0.15, -0.1) is 10.2 Å². The summed E-state index contributed by atoms with van der Waals surface area (Å²) in [6, 6.07) is 10.0. The first-order valence-corrected chi connectivity index (χ1v) is 7.80. The Balaban J connectivity index is 1.50. The van der Waals surface area contributed by atoms with Gasteiger partial charge in [-0.3, -0.25) is 0 Å². The summed E-state index contributed by atoms with van der Waals surface area (Å²) in [4.78, 5) is 0. The molecule has 2 aromatic rings. The maximum atomic E-state index is 5.79. The van der Waals surface area contributed by atoms with E-state index in [4.69, 9.17) is 9.47 Å². The number of rotatable bonds is 3. The number of hydrogen-bond donors (Lipinski definition) is 1. The monoisotopic (exact) mass is 297 g/mol. The highest BCUT2D eigenvalue weighted by Gasteiger charge is 2.20. The molecule has 2 aliphatic heterocycles. The van der Waals surface area contributed by atoms with E-state index in [1.54, 1.807) is 0 Å². The van der Waals surface area contributed by atoms with Gasteiger partial charge in [0.15, 0.2) is 0 Å². The Kier molecular flexibility index (Phi) is 3.64. The van der Waals surface area contributed by atoms with Crippen molar-refractivity contribution >= 4 is 5.82 Å². The zero-order valence-corrected chi connectivity index (χ0v) is 12.4. The number of aromatic nitrogens is 2. The van der Waals surface area contributed by atoms with Crippen molar-refractivity contribution in [3.05, 3.63) is 35.9 Å². The molecule has 0 bridgehead atoms. The second-order valence-electron chi connectivity index (χ2n) is 5.82. The molecule has 4 rings (SSSR count). The predicted molar refractivity (Wildman–Crippen MR) is 83.8 cm³/mol. The lowest BCUT2D eigenvalue weighted by atomic mass is 10.0. The SMILES string of the molecule is c1ccc2c(c1)OCc1cc(NCC3CCOCC3)nnc1-2. The first kappa shape index (κ1) is 13.5. The van der Waals surface area contributed by atoms with Crippen molar-refractivity contribution in [3.63, 3.8) is 0 Å². The second-order valence-corrected chi connectivity index (χ2v) is 5.82. The van der Waals surface area contributed by atoms with Crippen LogP contribution in [0.1, 0.15) is 18.4 Å². The molecule has 0 radical (unpaired) electrons. The Hall–Kier alpha value is -2.14. The fourth-order valence-electron chi connectivity index (χ4n) is 3.00. The minimum atomic E-state index is 0.549. The van der Waals surface area contributed by atoms with Crippen molar-refractivity contribution in [2.45, 2.75) is 19.4 Å². The molecule has 114 valence electrons. The molecule has 0 atom stereocenters. The van der Waals surface area contributed by atoms with Crippen molar-refractivity contribution in [3.8, 4) is 17.0 Å². The van der Waals surface area contributed by atoms with Crippen LogP contribution in [0.5, 0.6) is 5.75 Å². The van der Waals surface area contributed by atoms with Gasteiger partial charge in [-0.2, -0.15) is 0 Å². The smallest absolute Gasteiger partial charge is 0.149 e. The Labute approximate surface area is 129 Å². The molecule has 5 heteroatoms. The molecule has 0 aliphatic carbocycles. The summed E-state index contributed by atoms with van der Waals surface area (Å²) in [7, 11) is 0. The van der Waals surface area contributed by atoms with Crippen molar-refractivity contribution in [1.82, 2.24) is 10.2 Å². The molecule has 5 nitrogen and oxygen atoms in total. The van der Waals surface area contributed by atoms with Crippen molar-refractivity contribution in [2.75, 3.05) is 25.1 Å². The van der Waals surface area contributed by atoms with Gasteiger partial charge in [0.1, 0.15) is 23.9 Å². The third-order valence-electron chi connectivity index (χ3n) is 4.31. The molecule has 0 amide bonds. The number of nitrogens with zero attached hydrogens (tertiary/aromatic N) is 2. The van der Waals surface area contributed by atoms with E-state index in [0.29, 0.717) is 12.5 Å². The van der Waals surface area contributed by atoms with Gasteiger partial charge in [0.2, 0.25) is 0 Å². The zero-order chi connectivity index (χ0) is 14.8. The van der Waals surface area contributed by atoms with E-state index in [9.17, 15) is 0 Å². The summed E-state index contributed by atoms with van der Waals surface area (Å²) < 4.78 is 11.2. The van der Waals surface area contributed by atoms with E-state index in [2.05, 4.69) is 21.6 Å². The number of fused-ring (bicyclic) bond motifs is 3. The normalized spacial score (nSPS) is 17.3. The highest BCUT2D eigenvalue weighted by Crippen LogP contribution is 2.35. The molecule has 1 fully saturated rings. The molecule has 0 saturated carbocycles. The Morgan fingerprint density at radius 1 is 1.14 bits per heavy atom. The molecule has 1 saturated heterocycles. The van der Waals surface area contributed by atoms with E-state index in [0.717, 1.165) is 61.0 Å². The largest absolute Gasteiger partial charge is 0.488 e. The Morgan fingerprint density at radius 2 is 2.00 bits per heavy atom. The third kappa shape index (κ3) is 2.64. The Morgan fingerprint density at radius 3 is 2.91 bits per heavy atom. The minimum Gasteiger partial charge on any atom is -0.488 e. The average molecular weight is 297 g/mol. The van der Waals surface area contributed by atoms with Gasteiger partial charge >= 0.3 is 0 Å². The first-order chi connectivity index (χ1) is 10.9.